The summed E-state index contributed by atoms with van der Waals surface area (Å²) >= 11 is 0. The topological polar surface area (TPSA) is 51.2 Å². The molecule has 88 valence electrons. The van der Waals surface area contributed by atoms with Crippen LogP contribution in [0.1, 0.15) is 19.4 Å². The van der Waals surface area contributed by atoms with Crippen LogP contribution >= 0.6 is 0 Å². The number of rotatable bonds is 5. The molecule has 0 fully saturated rings. The molecule has 0 saturated carbocycles. The number of aromatic nitrogens is 1. The van der Waals surface area contributed by atoms with Crippen LogP contribution in [-0.2, 0) is 14.9 Å². The molecule has 1 aromatic rings. The second kappa shape index (κ2) is 5.61. The number of nitrogens with zero attached hydrogens (tertiary/aromatic N) is 1. The first-order valence-electron chi connectivity index (χ1n) is 5.24. The fraction of sp³-hybridized carbons (Fsp3) is 0.500. The number of hydrogen-bond donors (Lipinski definition) is 1. The first kappa shape index (κ1) is 12.6. The highest BCUT2D eigenvalue weighted by Crippen LogP contribution is 2.20. The summed E-state index contributed by atoms with van der Waals surface area (Å²) in [7, 11) is 1.39. The Balaban J connectivity index is 2.49. The van der Waals surface area contributed by atoms with Crippen molar-refractivity contribution in [3.63, 3.8) is 0 Å². The highest BCUT2D eigenvalue weighted by Gasteiger charge is 2.20. The van der Waals surface area contributed by atoms with Gasteiger partial charge in [0.15, 0.2) is 0 Å². The number of carbonyl (C=O) groups is 1. The van der Waals surface area contributed by atoms with Crippen molar-refractivity contribution in [1.29, 1.82) is 0 Å². The third-order valence-corrected chi connectivity index (χ3v) is 2.53. The summed E-state index contributed by atoms with van der Waals surface area (Å²) in [5.74, 6) is -0.245. The normalized spacial score (nSPS) is 11.2. The van der Waals surface area contributed by atoms with Crippen molar-refractivity contribution in [2.24, 2.45) is 0 Å². The average molecular weight is 222 g/mol. The van der Waals surface area contributed by atoms with Gasteiger partial charge >= 0.3 is 5.97 Å². The molecule has 1 N–H and O–H groups in total. The molecule has 0 amide bonds. The van der Waals surface area contributed by atoms with Crippen LogP contribution in [0.15, 0.2) is 24.5 Å². The molecule has 4 nitrogen and oxygen atoms in total. The Kier molecular flexibility index (Phi) is 4.43. The van der Waals surface area contributed by atoms with Crippen LogP contribution in [-0.4, -0.2) is 31.2 Å². The fourth-order valence-corrected chi connectivity index (χ4v) is 1.45. The summed E-state index contributed by atoms with van der Waals surface area (Å²) in [6, 6.07) is 3.97. The number of hydrogen-bond acceptors (Lipinski definition) is 4. The average Bonchev–Trinajstić information content (AvgIpc) is 2.30. The van der Waals surface area contributed by atoms with Gasteiger partial charge in [0, 0.05) is 24.4 Å². The van der Waals surface area contributed by atoms with Crippen LogP contribution in [0.3, 0.4) is 0 Å². The van der Waals surface area contributed by atoms with E-state index in [0.29, 0.717) is 6.54 Å². The molecule has 0 unspecified atom stereocenters. The quantitative estimate of drug-likeness (QED) is 0.759. The van der Waals surface area contributed by atoms with Gasteiger partial charge in [0.2, 0.25) is 0 Å². The second-order valence-corrected chi connectivity index (χ2v) is 4.30. The standard InChI is InChI=1S/C12H18N2O2/c1-12(2,9-14-8-11(15)16-3)10-4-6-13-7-5-10/h4-7,14H,8-9H2,1-3H3. The molecule has 1 rings (SSSR count). The van der Waals surface area contributed by atoms with E-state index in [1.807, 2.05) is 12.1 Å². The fourth-order valence-electron chi connectivity index (χ4n) is 1.45. The summed E-state index contributed by atoms with van der Waals surface area (Å²) in [5, 5.41) is 3.08. The molecule has 0 atom stereocenters. The van der Waals surface area contributed by atoms with Gasteiger partial charge in [0.25, 0.3) is 0 Å². The number of esters is 1. The molecule has 0 aromatic carbocycles. The van der Waals surface area contributed by atoms with Crippen molar-refractivity contribution in [3.05, 3.63) is 30.1 Å². The van der Waals surface area contributed by atoms with E-state index in [1.165, 1.54) is 12.7 Å². The molecule has 0 aliphatic rings. The summed E-state index contributed by atoms with van der Waals surface area (Å²) in [6.07, 6.45) is 3.55. The molecule has 0 aliphatic carbocycles. The maximum absolute atomic E-state index is 10.9. The van der Waals surface area contributed by atoms with Gasteiger partial charge in [-0.15, -0.1) is 0 Å². The predicted octanol–water partition coefficient (Wildman–Crippen LogP) is 1.12. The van der Waals surface area contributed by atoms with Gasteiger partial charge < -0.3 is 10.1 Å². The van der Waals surface area contributed by atoms with E-state index in [4.69, 9.17) is 0 Å². The van der Waals surface area contributed by atoms with Crippen molar-refractivity contribution < 1.29 is 9.53 Å². The van der Waals surface area contributed by atoms with Crippen molar-refractivity contribution in [2.45, 2.75) is 19.3 Å². The highest BCUT2D eigenvalue weighted by atomic mass is 16.5. The van der Waals surface area contributed by atoms with Gasteiger partial charge in [0.1, 0.15) is 0 Å². The molecule has 0 saturated heterocycles. The van der Waals surface area contributed by atoms with Gasteiger partial charge in [-0.1, -0.05) is 13.8 Å². The van der Waals surface area contributed by atoms with Gasteiger partial charge in [-0.05, 0) is 17.7 Å². The van der Waals surface area contributed by atoms with Crippen molar-refractivity contribution in [2.75, 3.05) is 20.2 Å². The Labute approximate surface area is 96.0 Å². The van der Waals surface area contributed by atoms with Crippen molar-refractivity contribution in [3.8, 4) is 0 Å². The van der Waals surface area contributed by atoms with Gasteiger partial charge in [0.05, 0.1) is 13.7 Å². The van der Waals surface area contributed by atoms with E-state index in [1.54, 1.807) is 12.4 Å². The Hall–Kier alpha value is -1.42. The largest absolute Gasteiger partial charge is 0.468 e. The Morgan fingerprint density at radius 3 is 2.62 bits per heavy atom. The summed E-state index contributed by atoms with van der Waals surface area (Å²) < 4.78 is 4.56. The minimum absolute atomic E-state index is 0.0308. The summed E-state index contributed by atoms with van der Waals surface area (Å²) in [6.45, 7) is 5.19. The van der Waals surface area contributed by atoms with Crippen LogP contribution in [0.25, 0.3) is 0 Å². The van der Waals surface area contributed by atoms with E-state index in [2.05, 4.69) is 28.9 Å². The van der Waals surface area contributed by atoms with Crippen LogP contribution < -0.4 is 5.32 Å². The lowest BCUT2D eigenvalue weighted by atomic mass is 9.85. The minimum atomic E-state index is -0.245. The van der Waals surface area contributed by atoms with Crippen LogP contribution in [0.5, 0.6) is 0 Å². The molecule has 1 heterocycles. The third-order valence-electron chi connectivity index (χ3n) is 2.53. The van der Waals surface area contributed by atoms with Gasteiger partial charge in [-0.2, -0.15) is 0 Å². The number of methoxy groups -OCH3 is 1. The number of ether oxygens (including phenoxy) is 1. The van der Waals surface area contributed by atoms with E-state index < -0.39 is 0 Å². The van der Waals surface area contributed by atoms with Crippen molar-refractivity contribution >= 4 is 5.97 Å². The smallest absolute Gasteiger partial charge is 0.319 e. The highest BCUT2D eigenvalue weighted by molar-refractivity contribution is 5.71. The number of pyridine rings is 1. The van der Waals surface area contributed by atoms with E-state index in [0.717, 1.165) is 0 Å². The lowest BCUT2D eigenvalue weighted by Gasteiger charge is -2.25. The SMILES string of the molecule is COC(=O)CNCC(C)(C)c1ccncc1. The molecule has 0 aliphatic heterocycles. The first-order chi connectivity index (χ1) is 7.56. The molecular formula is C12H18N2O2. The monoisotopic (exact) mass is 222 g/mol. The van der Waals surface area contributed by atoms with Crippen LogP contribution in [0, 0.1) is 0 Å². The summed E-state index contributed by atoms with van der Waals surface area (Å²) in [5.41, 5.74) is 1.16. The second-order valence-electron chi connectivity index (χ2n) is 4.30. The summed E-state index contributed by atoms with van der Waals surface area (Å²) in [4.78, 5) is 14.9. The van der Waals surface area contributed by atoms with E-state index >= 15 is 0 Å². The van der Waals surface area contributed by atoms with Crippen molar-refractivity contribution in [1.82, 2.24) is 10.3 Å². The lowest BCUT2D eigenvalue weighted by molar-refractivity contribution is -0.139. The molecule has 0 radical (unpaired) electrons. The minimum Gasteiger partial charge on any atom is -0.468 e. The molecule has 0 bridgehead atoms. The zero-order chi connectivity index (χ0) is 12.0. The zero-order valence-corrected chi connectivity index (χ0v) is 9.99. The predicted molar refractivity (Wildman–Crippen MR) is 62.1 cm³/mol. The maximum Gasteiger partial charge on any atom is 0.319 e. The third kappa shape index (κ3) is 3.62. The van der Waals surface area contributed by atoms with Crippen LogP contribution in [0.4, 0.5) is 0 Å². The lowest BCUT2D eigenvalue weighted by Crippen LogP contribution is -2.36. The number of nitrogens with one attached hydrogen (secondary N) is 1. The van der Waals surface area contributed by atoms with Crippen LogP contribution in [0.2, 0.25) is 0 Å². The Bertz CT molecular complexity index is 336. The molecule has 0 spiro atoms. The molecular weight excluding hydrogens is 204 g/mol. The van der Waals surface area contributed by atoms with E-state index in [-0.39, 0.29) is 17.9 Å². The molecule has 16 heavy (non-hydrogen) atoms. The molecule has 1 aromatic heterocycles. The zero-order valence-electron chi connectivity index (χ0n) is 9.99. The maximum atomic E-state index is 10.9. The van der Waals surface area contributed by atoms with Gasteiger partial charge in [-0.25, -0.2) is 0 Å². The van der Waals surface area contributed by atoms with Gasteiger partial charge in [-0.3, -0.25) is 9.78 Å². The Morgan fingerprint density at radius 2 is 2.06 bits per heavy atom. The Morgan fingerprint density at radius 1 is 1.44 bits per heavy atom. The first-order valence-corrected chi connectivity index (χ1v) is 5.24. The number of carbonyl (C=O) groups excluding carboxylic acids is 1. The molecule has 4 heteroatoms. The van der Waals surface area contributed by atoms with E-state index in [9.17, 15) is 4.79 Å².